The molecule has 2 aromatic rings. The number of nitrogens with one attached hydrogen (secondary N) is 1. The first-order valence-corrected chi connectivity index (χ1v) is 7.07. The molecule has 1 unspecified atom stereocenters. The lowest BCUT2D eigenvalue weighted by Gasteiger charge is -2.15. The van der Waals surface area contributed by atoms with Crippen molar-refractivity contribution in [3.05, 3.63) is 53.3 Å². The topological polar surface area (TPSA) is 73.2 Å². The van der Waals surface area contributed by atoms with Crippen LogP contribution in [0.2, 0.25) is 0 Å². The molecule has 1 heterocycles. The number of carbonyl (C=O) groups excluding carboxylic acids is 2. The molecule has 0 aliphatic heterocycles. The first-order valence-electron chi connectivity index (χ1n) is 7.07. The van der Waals surface area contributed by atoms with Gasteiger partial charge < -0.3 is 10.1 Å². The number of aryl methyl sites for hydroxylation is 1. The maximum atomic E-state index is 12.2. The van der Waals surface area contributed by atoms with Gasteiger partial charge in [0, 0.05) is 18.3 Å². The third-order valence-corrected chi connectivity index (χ3v) is 3.41. The molecule has 1 aromatic heterocycles. The van der Waals surface area contributed by atoms with Crippen LogP contribution in [0.25, 0.3) is 0 Å². The van der Waals surface area contributed by atoms with Crippen molar-refractivity contribution in [1.82, 2.24) is 15.1 Å². The molecule has 0 bridgehead atoms. The Morgan fingerprint density at radius 1 is 1.23 bits per heavy atom. The molecule has 116 valence electrons. The predicted octanol–water partition coefficient (Wildman–Crippen LogP) is 2.18. The maximum Gasteiger partial charge on any atom is 0.337 e. The van der Waals surface area contributed by atoms with E-state index in [-0.39, 0.29) is 11.9 Å². The van der Waals surface area contributed by atoms with Gasteiger partial charge in [-0.15, -0.1) is 0 Å². The number of carbonyl (C=O) groups is 2. The molecule has 1 amide bonds. The second-order valence-electron chi connectivity index (χ2n) is 4.84. The highest BCUT2D eigenvalue weighted by atomic mass is 16.5. The van der Waals surface area contributed by atoms with Crippen LogP contribution in [0.3, 0.4) is 0 Å². The molecule has 22 heavy (non-hydrogen) atoms. The number of rotatable bonds is 5. The van der Waals surface area contributed by atoms with E-state index in [2.05, 4.69) is 15.2 Å². The quantitative estimate of drug-likeness (QED) is 0.859. The van der Waals surface area contributed by atoms with Crippen molar-refractivity contribution < 1.29 is 14.3 Å². The fourth-order valence-corrected chi connectivity index (χ4v) is 2.20. The van der Waals surface area contributed by atoms with Gasteiger partial charge in [-0.1, -0.05) is 0 Å². The summed E-state index contributed by atoms with van der Waals surface area (Å²) in [6.45, 7) is 4.65. The van der Waals surface area contributed by atoms with Crippen molar-refractivity contribution in [3.8, 4) is 0 Å². The Bertz CT molecular complexity index is 662. The van der Waals surface area contributed by atoms with Gasteiger partial charge in [0.15, 0.2) is 0 Å². The van der Waals surface area contributed by atoms with Crippen LogP contribution in [0.1, 0.15) is 46.3 Å². The largest absolute Gasteiger partial charge is 0.465 e. The van der Waals surface area contributed by atoms with E-state index in [0.717, 1.165) is 12.2 Å². The Balaban J connectivity index is 2.07. The van der Waals surface area contributed by atoms with E-state index >= 15 is 0 Å². The van der Waals surface area contributed by atoms with Gasteiger partial charge in [-0.3, -0.25) is 9.48 Å². The maximum absolute atomic E-state index is 12.2. The molecule has 0 saturated carbocycles. The van der Waals surface area contributed by atoms with Crippen molar-refractivity contribution in [1.29, 1.82) is 0 Å². The van der Waals surface area contributed by atoms with Crippen LogP contribution >= 0.6 is 0 Å². The van der Waals surface area contributed by atoms with Crippen LogP contribution < -0.4 is 5.32 Å². The Labute approximate surface area is 129 Å². The molecule has 0 fully saturated rings. The summed E-state index contributed by atoms with van der Waals surface area (Å²) in [5.41, 5.74) is 1.85. The minimum atomic E-state index is -0.424. The van der Waals surface area contributed by atoms with Gasteiger partial charge in [-0.05, 0) is 44.2 Å². The second-order valence-corrected chi connectivity index (χ2v) is 4.84. The van der Waals surface area contributed by atoms with Gasteiger partial charge in [-0.25, -0.2) is 4.79 Å². The van der Waals surface area contributed by atoms with E-state index in [9.17, 15) is 9.59 Å². The molecule has 0 aliphatic rings. The molecule has 6 nitrogen and oxygen atoms in total. The highest BCUT2D eigenvalue weighted by molar-refractivity contribution is 5.96. The summed E-state index contributed by atoms with van der Waals surface area (Å²) >= 11 is 0. The minimum absolute atomic E-state index is 0.157. The number of esters is 1. The molecule has 1 aromatic carbocycles. The van der Waals surface area contributed by atoms with E-state index in [1.54, 1.807) is 30.5 Å². The predicted molar refractivity (Wildman–Crippen MR) is 81.6 cm³/mol. The lowest BCUT2D eigenvalue weighted by Crippen LogP contribution is -2.28. The average molecular weight is 301 g/mol. The molecule has 0 spiro atoms. The summed E-state index contributed by atoms with van der Waals surface area (Å²) in [7, 11) is 1.32. The van der Waals surface area contributed by atoms with E-state index in [0.29, 0.717) is 11.1 Å². The fraction of sp³-hybridized carbons (Fsp3) is 0.312. The summed E-state index contributed by atoms with van der Waals surface area (Å²) in [4.78, 5) is 23.6. The second kappa shape index (κ2) is 6.89. The highest BCUT2D eigenvalue weighted by Crippen LogP contribution is 2.13. The number of benzene rings is 1. The van der Waals surface area contributed by atoms with Gasteiger partial charge in [0.05, 0.1) is 24.4 Å². The number of hydrogen-bond donors (Lipinski definition) is 1. The molecular weight excluding hydrogens is 282 g/mol. The molecule has 2 rings (SSSR count). The molecule has 0 radical (unpaired) electrons. The summed E-state index contributed by atoms with van der Waals surface area (Å²) < 4.78 is 6.47. The summed E-state index contributed by atoms with van der Waals surface area (Å²) in [6, 6.07) is 8.07. The van der Waals surface area contributed by atoms with Crippen LogP contribution in [-0.2, 0) is 11.3 Å². The molecule has 1 atom stereocenters. The summed E-state index contributed by atoms with van der Waals surface area (Å²) in [5, 5.41) is 7.11. The van der Waals surface area contributed by atoms with E-state index in [4.69, 9.17) is 0 Å². The molecule has 1 N–H and O–H groups in total. The van der Waals surface area contributed by atoms with Gasteiger partial charge >= 0.3 is 5.97 Å². The zero-order valence-electron chi connectivity index (χ0n) is 12.9. The van der Waals surface area contributed by atoms with Crippen molar-refractivity contribution >= 4 is 11.9 Å². The van der Waals surface area contributed by atoms with Gasteiger partial charge in [0.1, 0.15) is 0 Å². The third kappa shape index (κ3) is 3.33. The lowest BCUT2D eigenvalue weighted by atomic mass is 10.1. The zero-order valence-corrected chi connectivity index (χ0v) is 12.9. The zero-order chi connectivity index (χ0) is 16.1. The van der Waals surface area contributed by atoms with Crippen molar-refractivity contribution in [2.45, 2.75) is 26.4 Å². The van der Waals surface area contributed by atoms with Crippen molar-refractivity contribution in [3.63, 3.8) is 0 Å². The van der Waals surface area contributed by atoms with Crippen LogP contribution in [0.5, 0.6) is 0 Å². The molecule has 6 heteroatoms. The third-order valence-electron chi connectivity index (χ3n) is 3.41. The number of ether oxygens (including phenoxy) is 1. The highest BCUT2D eigenvalue weighted by Gasteiger charge is 2.15. The Morgan fingerprint density at radius 2 is 1.86 bits per heavy atom. The van der Waals surface area contributed by atoms with E-state index in [1.807, 2.05) is 24.6 Å². The Kier molecular flexibility index (Phi) is 4.93. The number of amides is 1. The van der Waals surface area contributed by atoms with Gasteiger partial charge in [-0.2, -0.15) is 5.10 Å². The van der Waals surface area contributed by atoms with Crippen molar-refractivity contribution in [2.24, 2.45) is 0 Å². The first kappa shape index (κ1) is 15.8. The van der Waals surface area contributed by atoms with Crippen LogP contribution in [0.15, 0.2) is 36.5 Å². The lowest BCUT2D eigenvalue weighted by molar-refractivity contribution is 0.0600. The van der Waals surface area contributed by atoms with E-state index in [1.165, 1.54) is 7.11 Å². The van der Waals surface area contributed by atoms with Crippen LogP contribution in [-0.4, -0.2) is 28.8 Å². The van der Waals surface area contributed by atoms with Gasteiger partial charge in [0.25, 0.3) is 5.91 Å². The number of hydrogen-bond acceptors (Lipinski definition) is 4. The first-order chi connectivity index (χ1) is 10.6. The smallest absolute Gasteiger partial charge is 0.337 e. The molecule has 0 saturated heterocycles. The fourth-order valence-electron chi connectivity index (χ4n) is 2.20. The number of nitrogens with zero attached hydrogens (tertiary/aromatic N) is 2. The molecule has 0 aliphatic carbocycles. The summed E-state index contributed by atoms with van der Waals surface area (Å²) in [6.07, 6.45) is 1.71. The number of aromatic nitrogens is 2. The summed E-state index contributed by atoms with van der Waals surface area (Å²) in [5.74, 6) is -0.625. The van der Waals surface area contributed by atoms with E-state index < -0.39 is 5.97 Å². The van der Waals surface area contributed by atoms with Crippen molar-refractivity contribution in [2.75, 3.05) is 7.11 Å². The normalized spacial score (nSPS) is 11.8. The van der Waals surface area contributed by atoms with Crippen LogP contribution in [0, 0.1) is 0 Å². The van der Waals surface area contributed by atoms with Crippen LogP contribution in [0.4, 0.5) is 0 Å². The Morgan fingerprint density at radius 3 is 2.45 bits per heavy atom. The minimum Gasteiger partial charge on any atom is -0.465 e. The average Bonchev–Trinajstić information content (AvgIpc) is 3.02. The Hall–Kier alpha value is -2.63. The van der Waals surface area contributed by atoms with Gasteiger partial charge in [0.2, 0.25) is 0 Å². The number of methoxy groups -OCH3 is 1. The standard InChI is InChI=1S/C16H19N3O3/c1-4-19-14(9-10-17-19)11(2)18-15(20)12-5-7-13(8-6-12)16(21)22-3/h5-11H,4H2,1-3H3,(H,18,20). The SMILES string of the molecule is CCn1nccc1C(C)NC(=O)c1ccc(C(=O)OC)cc1. The monoisotopic (exact) mass is 301 g/mol. The molecular formula is C16H19N3O3.